The van der Waals surface area contributed by atoms with Crippen LogP contribution in [0.3, 0.4) is 0 Å². The van der Waals surface area contributed by atoms with Gasteiger partial charge < -0.3 is 5.73 Å². The number of rotatable bonds is 5. The van der Waals surface area contributed by atoms with Gasteiger partial charge in [-0.05, 0) is 42.4 Å². The standard InChI is InChI=1S/C13H19ClN2O2S/c1-9(2)13(5-6-13)8-16-19(17,18)12-7-10(14)3-4-11(12)15/h3-4,7,9,16H,5-6,8,15H2,1-2H3. The van der Waals surface area contributed by atoms with Crippen LogP contribution in [0.1, 0.15) is 26.7 Å². The summed E-state index contributed by atoms with van der Waals surface area (Å²) in [6.45, 7) is 4.70. The zero-order valence-corrected chi connectivity index (χ0v) is 12.7. The molecule has 0 unspecified atom stereocenters. The average Bonchev–Trinajstić information content (AvgIpc) is 3.11. The molecule has 6 heteroatoms. The molecule has 19 heavy (non-hydrogen) atoms. The highest BCUT2D eigenvalue weighted by Crippen LogP contribution is 2.51. The third kappa shape index (κ3) is 3.04. The molecular weight excluding hydrogens is 284 g/mol. The highest BCUT2D eigenvalue weighted by atomic mass is 35.5. The van der Waals surface area contributed by atoms with Gasteiger partial charge in [-0.3, -0.25) is 0 Å². The normalized spacial score (nSPS) is 17.7. The Morgan fingerprint density at radius 3 is 2.58 bits per heavy atom. The molecular formula is C13H19ClN2O2S. The Morgan fingerprint density at radius 2 is 2.05 bits per heavy atom. The first-order chi connectivity index (χ1) is 8.77. The highest BCUT2D eigenvalue weighted by Gasteiger charge is 2.45. The van der Waals surface area contributed by atoms with E-state index < -0.39 is 10.0 Å². The number of nitrogens with one attached hydrogen (secondary N) is 1. The van der Waals surface area contributed by atoms with Crippen LogP contribution in [-0.2, 0) is 10.0 Å². The Hall–Kier alpha value is -0.780. The van der Waals surface area contributed by atoms with Gasteiger partial charge in [-0.15, -0.1) is 0 Å². The van der Waals surface area contributed by atoms with E-state index in [-0.39, 0.29) is 16.0 Å². The molecule has 0 amide bonds. The second kappa shape index (κ2) is 4.96. The average molecular weight is 303 g/mol. The molecule has 0 heterocycles. The first-order valence-corrected chi connectivity index (χ1v) is 8.18. The number of benzene rings is 1. The van der Waals surface area contributed by atoms with E-state index in [0.29, 0.717) is 17.5 Å². The number of nitrogen functional groups attached to an aromatic ring is 1. The summed E-state index contributed by atoms with van der Waals surface area (Å²) in [5.74, 6) is 0.465. The monoisotopic (exact) mass is 302 g/mol. The molecule has 1 aromatic rings. The fourth-order valence-corrected chi connectivity index (χ4v) is 3.71. The van der Waals surface area contributed by atoms with Gasteiger partial charge in [0.15, 0.2) is 0 Å². The molecule has 0 saturated heterocycles. The predicted molar refractivity (Wildman–Crippen MR) is 77.6 cm³/mol. The van der Waals surface area contributed by atoms with Crippen molar-refractivity contribution in [1.29, 1.82) is 0 Å². The molecule has 0 aliphatic heterocycles. The van der Waals surface area contributed by atoms with E-state index in [1.54, 1.807) is 6.07 Å². The third-order valence-corrected chi connectivity index (χ3v) is 5.69. The summed E-state index contributed by atoms with van der Waals surface area (Å²) in [5, 5.41) is 0.361. The van der Waals surface area contributed by atoms with Crippen molar-refractivity contribution in [2.75, 3.05) is 12.3 Å². The van der Waals surface area contributed by atoms with E-state index in [1.165, 1.54) is 12.1 Å². The van der Waals surface area contributed by atoms with E-state index in [2.05, 4.69) is 18.6 Å². The largest absolute Gasteiger partial charge is 0.398 e. The van der Waals surface area contributed by atoms with Crippen LogP contribution in [0, 0.1) is 11.3 Å². The number of halogens is 1. The summed E-state index contributed by atoms with van der Waals surface area (Å²) < 4.78 is 27.2. The third-order valence-electron chi connectivity index (χ3n) is 4.00. The lowest BCUT2D eigenvalue weighted by molar-refractivity contribution is 0.357. The molecule has 1 fully saturated rings. The van der Waals surface area contributed by atoms with Crippen molar-refractivity contribution in [3.8, 4) is 0 Å². The minimum absolute atomic E-state index is 0.0551. The van der Waals surface area contributed by atoms with Gasteiger partial charge in [-0.1, -0.05) is 25.4 Å². The molecule has 0 spiro atoms. The maximum absolute atomic E-state index is 12.3. The van der Waals surface area contributed by atoms with Crippen molar-refractivity contribution in [1.82, 2.24) is 4.72 Å². The number of hydrogen-bond acceptors (Lipinski definition) is 3. The van der Waals surface area contributed by atoms with Crippen LogP contribution in [0.5, 0.6) is 0 Å². The Kier molecular flexibility index (Phi) is 3.82. The van der Waals surface area contributed by atoms with Crippen LogP contribution in [0.25, 0.3) is 0 Å². The zero-order chi connectivity index (χ0) is 14.3. The molecule has 106 valence electrons. The van der Waals surface area contributed by atoms with Crippen molar-refractivity contribution in [2.45, 2.75) is 31.6 Å². The lowest BCUT2D eigenvalue weighted by Crippen LogP contribution is -2.33. The van der Waals surface area contributed by atoms with Crippen molar-refractivity contribution in [2.24, 2.45) is 11.3 Å². The summed E-state index contributed by atoms with van der Waals surface area (Å²) in [6, 6.07) is 4.47. The fraction of sp³-hybridized carbons (Fsp3) is 0.538. The summed E-state index contributed by atoms with van der Waals surface area (Å²) in [6.07, 6.45) is 2.14. The number of nitrogens with two attached hydrogens (primary N) is 1. The Morgan fingerprint density at radius 1 is 1.42 bits per heavy atom. The Labute approximate surface area is 119 Å². The minimum Gasteiger partial charge on any atom is -0.398 e. The van der Waals surface area contributed by atoms with Crippen LogP contribution >= 0.6 is 11.6 Å². The maximum Gasteiger partial charge on any atom is 0.242 e. The second-order valence-electron chi connectivity index (χ2n) is 5.52. The minimum atomic E-state index is -3.60. The molecule has 1 aliphatic carbocycles. The number of anilines is 1. The van der Waals surface area contributed by atoms with Gasteiger partial charge in [0, 0.05) is 11.6 Å². The number of sulfonamides is 1. The molecule has 2 rings (SSSR count). The first kappa shape index (κ1) is 14.6. The van der Waals surface area contributed by atoms with Crippen molar-refractivity contribution in [3.63, 3.8) is 0 Å². The zero-order valence-electron chi connectivity index (χ0n) is 11.1. The summed E-state index contributed by atoms with van der Waals surface area (Å²) >= 11 is 5.83. The van der Waals surface area contributed by atoms with Gasteiger partial charge in [0.25, 0.3) is 0 Å². The van der Waals surface area contributed by atoms with E-state index >= 15 is 0 Å². The lowest BCUT2D eigenvalue weighted by Gasteiger charge is -2.20. The molecule has 1 saturated carbocycles. The quantitative estimate of drug-likeness (QED) is 0.821. The summed E-state index contributed by atoms with van der Waals surface area (Å²) in [5.41, 5.74) is 6.04. The maximum atomic E-state index is 12.3. The van der Waals surface area contributed by atoms with Gasteiger partial charge in [0.1, 0.15) is 4.90 Å². The Balaban J connectivity index is 2.17. The van der Waals surface area contributed by atoms with Gasteiger partial charge in [-0.2, -0.15) is 0 Å². The Bertz CT molecular complexity index is 580. The molecule has 0 bridgehead atoms. The molecule has 4 nitrogen and oxygen atoms in total. The molecule has 0 radical (unpaired) electrons. The van der Waals surface area contributed by atoms with Gasteiger partial charge in [0.05, 0.1) is 5.69 Å². The lowest BCUT2D eigenvalue weighted by atomic mass is 9.93. The van der Waals surface area contributed by atoms with Crippen molar-refractivity contribution >= 4 is 27.3 Å². The smallest absolute Gasteiger partial charge is 0.242 e. The van der Waals surface area contributed by atoms with Crippen LogP contribution in [-0.4, -0.2) is 15.0 Å². The van der Waals surface area contributed by atoms with Crippen LogP contribution in [0.4, 0.5) is 5.69 Å². The molecule has 0 atom stereocenters. The highest BCUT2D eigenvalue weighted by molar-refractivity contribution is 7.89. The summed E-state index contributed by atoms with van der Waals surface area (Å²) in [4.78, 5) is 0.0551. The first-order valence-electron chi connectivity index (χ1n) is 6.31. The van der Waals surface area contributed by atoms with E-state index in [0.717, 1.165) is 12.8 Å². The fourth-order valence-electron chi connectivity index (χ4n) is 2.18. The predicted octanol–water partition coefficient (Wildman–Crippen LogP) is 2.64. The van der Waals surface area contributed by atoms with E-state index in [4.69, 9.17) is 17.3 Å². The van der Waals surface area contributed by atoms with Crippen molar-refractivity contribution < 1.29 is 8.42 Å². The van der Waals surface area contributed by atoms with Gasteiger partial charge in [0.2, 0.25) is 10.0 Å². The molecule has 0 aromatic heterocycles. The molecule has 1 aromatic carbocycles. The van der Waals surface area contributed by atoms with Gasteiger partial charge in [-0.25, -0.2) is 13.1 Å². The second-order valence-corrected chi connectivity index (χ2v) is 7.70. The SMILES string of the molecule is CC(C)C1(CNS(=O)(=O)c2cc(Cl)ccc2N)CC1. The topological polar surface area (TPSA) is 72.2 Å². The van der Waals surface area contributed by atoms with Crippen molar-refractivity contribution in [3.05, 3.63) is 23.2 Å². The number of hydrogen-bond donors (Lipinski definition) is 2. The van der Waals surface area contributed by atoms with E-state index in [1.807, 2.05) is 0 Å². The molecule has 3 N–H and O–H groups in total. The van der Waals surface area contributed by atoms with Crippen LogP contribution in [0.2, 0.25) is 5.02 Å². The summed E-state index contributed by atoms with van der Waals surface area (Å²) in [7, 11) is -3.60. The van der Waals surface area contributed by atoms with Crippen LogP contribution in [0.15, 0.2) is 23.1 Å². The molecule has 1 aliphatic rings. The van der Waals surface area contributed by atoms with Gasteiger partial charge >= 0.3 is 0 Å². The van der Waals surface area contributed by atoms with Crippen LogP contribution < -0.4 is 10.5 Å². The van der Waals surface area contributed by atoms with E-state index in [9.17, 15) is 8.42 Å².